The molecule has 1 N–H and O–H groups in total. The Kier molecular flexibility index (Phi) is 2.79. The van der Waals surface area contributed by atoms with Gasteiger partial charge in [-0.2, -0.15) is 0 Å². The zero-order valence-electron chi connectivity index (χ0n) is 12.0. The third-order valence-electron chi connectivity index (χ3n) is 3.76. The fourth-order valence-corrected chi connectivity index (χ4v) is 2.88. The van der Waals surface area contributed by atoms with Gasteiger partial charge in [-0.05, 0) is 19.1 Å². The molecule has 5 nitrogen and oxygen atoms in total. The number of fused-ring (bicyclic) bond motifs is 6. The molecule has 4 rings (SSSR count). The van der Waals surface area contributed by atoms with Crippen molar-refractivity contribution in [3.63, 3.8) is 0 Å². The molecule has 0 radical (unpaired) electrons. The van der Waals surface area contributed by atoms with Crippen molar-refractivity contribution in [3.8, 4) is 0 Å². The van der Waals surface area contributed by atoms with Crippen LogP contribution in [0.15, 0.2) is 42.9 Å². The Morgan fingerprint density at radius 2 is 2.05 bits per heavy atom. The minimum absolute atomic E-state index is 0.324. The molecule has 0 bridgehead atoms. The van der Waals surface area contributed by atoms with Gasteiger partial charge in [0.25, 0.3) is 0 Å². The molecule has 0 amide bonds. The Morgan fingerprint density at radius 1 is 1.18 bits per heavy atom. The molecule has 5 heteroatoms. The second-order valence-corrected chi connectivity index (χ2v) is 4.97. The summed E-state index contributed by atoms with van der Waals surface area (Å²) in [7, 11) is 0. The zero-order chi connectivity index (χ0) is 15.1. The molecule has 1 aromatic carbocycles. The lowest BCUT2D eigenvalue weighted by Crippen LogP contribution is -2.05. The summed E-state index contributed by atoms with van der Waals surface area (Å²) in [5.41, 5.74) is 2.11. The smallest absolute Gasteiger partial charge is 0.357 e. The number of hydrogen-bond acceptors (Lipinski definition) is 4. The van der Waals surface area contributed by atoms with E-state index in [2.05, 4.69) is 15.0 Å². The van der Waals surface area contributed by atoms with Crippen LogP contribution >= 0.6 is 0 Å². The first-order valence-electron chi connectivity index (χ1n) is 7.11. The molecule has 3 aromatic heterocycles. The van der Waals surface area contributed by atoms with E-state index >= 15 is 0 Å². The van der Waals surface area contributed by atoms with E-state index in [1.54, 1.807) is 19.3 Å². The number of aromatic amines is 1. The third kappa shape index (κ3) is 1.69. The van der Waals surface area contributed by atoms with Crippen LogP contribution in [0.4, 0.5) is 0 Å². The second kappa shape index (κ2) is 4.80. The van der Waals surface area contributed by atoms with E-state index in [4.69, 9.17) is 4.74 Å². The van der Waals surface area contributed by atoms with E-state index in [0.29, 0.717) is 12.3 Å². The highest BCUT2D eigenvalue weighted by atomic mass is 16.5. The number of H-pyrrole nitrogens is 1. The Balaban J connectivity index is 2.22. The molecule has 0 saturated heterocycles. The molecule has 0 atom stereocenters. The van der Waals surface area contributed by atoms with E-state index in [1.807, 2.05) is 30.5 Å². The van der Waals surface area contributed by atoms with E-state index < -0.39 is 5.97 Å². The molecule has 0 aliphatic heterocycles. The number of carbonyl (C=O) groups is 1. The van der Waals surface area contributed by atoms with Crippen LogP contribution in [0.2, 0.25) is 0 Å². The number of hydrogen-bond donors (Lipinski definition) is 1. The van der Waals surface area contributed by atoms with Crippen molar-refractivity contribution in [1.29, 1.82) is 0 Å². The van der Waals surface area contributed by atoms with E-state index in [9.17, 15) is 4.79 Å². The summed E-state index contributed by atoms with van der Waals surface area (Å²) in [6, 6.07) is 7.74. The summed E-state index contributed by atoms with van der Waals surface area (Å²) in [6.07, 6.45) is 5.34. The second-order valence-electron chi connectivity index (χ2n) is 4.97. The molecule has 0 aliphatic rings. The maximum Gasteiger partial charge on any atom is 0.357 e. The van der Waals surface area contributed by atoms with Gasteiger partial charge in [-0.15, -0.1) is 0 Å². The summed E-state index contributed by atoms with van der Waals surface area (Å²) in [6.45, 7) is 2.11. The fraction of sp³-hybridized carbons (Fsp3) is 0.118. The monoisotopic (exact) mass is 291 g/mol. The number of carbonyl (C=O) groups excluding carboxylic acids is 1. The minimum atomic E-state index is -0.401. The number of benzene rings is 1. The van der Waals surface area contributed by atoms with Crippen LogP contribution in [0.3, 0.4) is 0 Å². The van der Waals surface area contributed by atoms with Crippen molar-refractivity contribution >= 4 is 38.5 Å². The van der Waals surface area contributed by atoms with Gasteiger partial charge in [0.2, 0.25) is 0 Å². The van der Waals surface area contributed by atoms with Crippen LogP contribution in [0.25, 0.3) is 32.6 Å². The maximum absolute atomic E-state index is 12.2. The lowest BCUT2D eigenvalue weighted by Gasteiger charge is -2.07. The third-order valence-corrected chi connectivity index (χ3v) is 3.76. The number of ether oxygens (including phenoxy) is 1. The highest BCUT2D eigenvalue weighted by Crippen LogP contribution is 2.34. The van der Waals surface area contributed by atoms with E-state index in [-0.39, 0.29) is 0 Å². The highest BCUT2D eigenvalue weighted by molar-refractivity contribution is 6.26. The Hall–Kier alpha value is -2.95. The summed E-state index contributed by atoms with van der Waals surface area (Å²) >= 11 is 0. The van der Waals surface area contributed by atoms with Crippen molar-refractivity contribution in [1.82, 2.24) is 15.0 Å². The first-order valence-corrected chi connectivity index (χ1v) is 7.11. The van der Waals surface area contributed by atoms with Crippen LogP contribution in [0, 0.1) is 0 Å². The first kappa shape index (κ1) is 12.8. The van der Waals surface area contributed by atoms with E-state index in [0.717, 1.165) is 32.6 Å². The van der Waals surface area contributed by atoms with Gasteiger partial charge in [-0.1, -0.05) is 12.1 Å². The Labute approximate surface area is 125 Å². The predicted molar refractivity (Wildman–Crippen MR) is 84.9 cm³/mol. The topological polar surface area (TPSA) is 67.9 Å². The molecule has 0 saturated carbocycles. The summed E-state index contributed by atoms with van der Waals surface area (Å²) in [4.78, 5) is 24.2. The van der Waals surface area contributed by atoms with Crippen LogP contribution in [-0.4, -0.2) is 27.5 Å². The number of rotatable bonds is 2. The average Bonchev–Trinajstić information content (AvgIpc) is 3.01. The van der Waals surface area contributed by atoms with Gasteiger partial charge in [0.15, 0.2) is 5.69 Å². The molecule has 22 heavy (non-hydrogen) atoms. The van der Waals surface area contributed by atoms with Crippen molar-refractivity contribution in [2.24, 2.45) is 0 Å². The SMILES string of the molecule is CCOC(=O)c1ncc2c3ccc[nH]c3c3ncccc3c12. The number of pyridine rings is 2. The van der Waals surface area contributed by atoms with Gasteiger partial charge in [0.05, 0.1) is 17.6 Å². The molecular weight excluding hydrogens is 278 g/mol. The fourth-order valence-electron chi connectivity index (χ4n) is 2.88. The highest BCUT2D eigenvalue weighted by Gasteiger charge is 2.19. The van der Waals surface area contributed by atoms with Crippen LogP contribution in [-0.2, 0) is 4.74 Å². The molecule has 0 unspecified atom stereocenters. The van der Waals surface area contributed by atoms with Gasteiger partial charge in [-0.3, -0.25) is 4.98 Å². The summed E-state index contributed by atoms with van der Waals surface area (Å²) in [5.74, 6) is -0.401. The largest absolute Gasteiger partial charge is 0.461 e. The molecule has 3 heterocycles. The molecule has 4 aromatic rings. The lowest BCUT2D eigenvalue weighted by molar-refractivity contribution is 0.0522. The zero-order valence-corrected chi connectivity index (χ0v) is 12.0. The van der Waals surface area contributed by atoms with Crippen LogP contribution < -0.4 is 0 Å². The van der Waals surface area contributed by atoms with Gasteiger partial charge < -0.3 is 9.72 Å². The van der Waals surface area contributed by atoms with Crippen molar-refractivity contribution in [3.05, 3.63) is 48.5 Å². The quantitative estimate of drug-likeness (QED) is 0.454. The first-order chi connectivity index (χ1) is 10.8. The van der Waals surface area contributed by atoms with Crippen molar-refractivity contribution in [2.45, 2.75) is 6.92 Å². The number of nitrogens with one attached hydrogen (secondary N) is 1. The Bertz CT molecular complexity index is 1020. The minimum Gasteiger partial charge on any atom is -0.461 e. The molecule has 108 valence electrons. The lowest BCUT2D eigenvalue weighted by atomic mass is 10.0. The standard InChI is InChI=1S/C17H13N3O2/c1-2-22-17(21)16-13-11-6-4-8-19-15(11)14-10(5-3-7-18-14)12(13)9-20-16/h3-9,18H,2H2,1H3. The summed E-state index contributed by atoms with van der Waals surface area (Å²) in [5, 5.41) is 3.61. The molecule has 0 spiro atoms. The van der Waals surface area contributed by atoms with E-state index in [1.165, 1.54) is 0 Å². The molecule has 0 aliphatic carbocycles. The Morgan fingerprint density at radius 3 is 2.91 bits per heavy atom. The molecule has 0 fully saturated rings. The normalized spacial score (nSPS) is 11.3. The molecular formula is C17H13N3O2. The predicted octanol–water partition coefficient (Wildman–Crippen LogP) is 3.44. The van der Waals surface area contributed by atoms with Gasteiger partial charge in [0.1, 0.15) is 0 Å². The average molecular weight is 291 g/mol. The summed E-state index contributed by atoms with van der Waals surface area (Å²) < 4.78 is 5.13. The van der Waals surface area contributed by atoms with Crippen molar-refractivity contribution in [2.75, 3.05) is 6.61 Å². The number of nitrogens with zero attached hydrogens (tertiary/aromatic N) is 2. The van der Waals surface area contributed by atoms with Crippen LogP contribution in [0.5, 0.6) is 0 Å². The van der Waals surface area contributed by atoms with Gasteiger partial charge in [-0.25, -0.2) is 9.78 Å². The number of aromatic nitrogens is 3. The van der Waals surface area contributed by atoms with Crippen LogP contribution in [0.1, 0.15) is 17.4 Å². The van der Waals surface area contributed by atoms with Gasteiger partial charge in [0, 0.05) is 40.1 Å². The van der Waals surface area contributed by atoms with Gasteiger partial charge >= 0.3 is 5.97 Å². The maximum atomic E-state index is 12.2. The van der Waals surface area contributed by atoms with Crippen molar-refractivity contribution < 1.29 is 9.53 Å². The number of esters is 1.